The Bertz CT molecular complexity index is 83.8. The predicted octanol–water partition coefficient (Wildman–Crippen LogP) is 0.513. The fourth-order valence-corrected chi connectivity index (χ4v) is 0.999. The summed E-state index contributed by atoms with van der Waals surface area (Å²) in [4.78, 5) is 0. The summed E-state index contributed by atoms with van der Waals surface area (Å²) in [7, 11) is 0. The fourth-order valence-electron chi connectivity index (χ4n) is 0.999. The van der Waals surface area contributed by atoms with Gasteiger partial charge in [-0.3, -0.25) is 0 Å². The first kappa shape index (κ1) is 10.9. The molecular formula is C8H19NO2. The Labute approximate surface area is 68.5 Å². The van der Waals surface area contributed by atoms with E-state index in [4.69, 9.17) is 15.6 Å². The van der Waals surface area contributed by atoms with Crippen LogP contribution in [0.1, 0.15) is 26.7 Å². The molecule has 0 atom stereocenters. The van der Waals surface area contributed by atoms with Crippen molar-refractivity contribution in [1.29, 1.82) is 0 Å². The van der Waals surface area contributed by atoms with Crippen molar-refractivity contribution in [3.63, 3.8) is 0 Å². The van der Waals surface area contributed by atoms with Crippen LogP contribution >= 0.6 is 0 Å². The Kier molecular flexibility index (Phi) is 5.46. The number of aliphatic hydroxyl groups is 1. The molecule has 0 aliphatic heterocycles. The second kappa shape index (κ2) is 5.52. The lowest BCUT2D eigenvalue weighted by molar-refractivity contribution is -0.0813. The van der Waals surface area contributed by atoms with Crippen LogP contribution in [-0.2, 0) is 4.74 Å². The molecule has 0 saturated carbocycles. The van der Waals surface area contributed by atoms with E-state index in [1.165, 1.54) is 0 Å². The molecule has 0 bridgehead atoms. The van der Waals surface area contributed by atoms with E-state index in [0.29, 0.717) is 13.2 Å². The molecule has 0 fully saturated rings. The number of rotatable bonds is 6. The Balaban J connectivity index is 3.84. The Morgan fingerprint density at radius 2 is 1.91 bits per heavy atom. The van der Waals surface area contributed by atoms with Gasteiger partial charge >= 0.3 is 0 Å². The molecule has 11 heavy (non-hydrogen) atoms. The van der Waals surface area contributed by atoms with Crippen molar-refractivity contribution in [1.82, 2.24) is 0 Å². The maximum atomic E-state index is 9.04. The smallest absolute Gasteiger partial charge is 0.0907 e. The minimum Gasteiger partial charge on any atom is -0.393 e. The van der Waals surface area contributed by atoms with E-state index in [9.17, 15) is 0 Å². The van der Waals surface area contributed by atoms with Crippen LogP contribution in [-0.4, -0.2) is 30.5 Å². The lowest BCUT2D eigenvalue weighted by Gasteiger charge is -2.29. The van der Waals surface area contributed by atoms with E-state index in [1.807, 2.05) is 13.8 Å². The first-order valence-corrected chi connectivity index (χ1v) is 4.19. The third-order valence-corrected chi connectivity index (χ3v) is 2.10. The van der Waals surface area contributed by atoms with Gasteiger partial charge in [0.25, 0.3) is 0 Å². The quantitative estimate of drug-likeness (QED) is 0.597. The highest BCUT2D eigenvalue weighted by atomic mass is 16.5. The molecule has 0 aliphatic rings. The van der Waals surface area contributed by atoms with Gasteiger partial charge in [-0.05, 0) is 12.8 Å². The molecule has 0 unspecified atom stereocenters. The van der Waals surface area contributed by atoms with Crippen LogP contribution < -0.4 is 5.73 Å². The van der Waals surface area contributed by atoms with E-state index < -0.39 is 0 Å². The molecule has 0 aromatic rings. The van der Waals surface area contributed by atoms with Crippen LogP contribution in [0.3, 0.4) is 0 Å². The Morgan fingerprint density at radius 3 is 2.18 bits per heavy atom. The van der Waals surface area contributed by atoms with E-state index >= 15 is 0 Å². The molecule has 0 aliphatic carbocycles. The molecule has 68 valence electrons. The van der Waals surface area contributed by atoms with Gasteiger partial charge in [0.15, 0.2) is 0 Å². The summed E-state index contributed by atoms with van der Waals surface area (Å²) in [5.41, 5.74) is 4.95. The fraction of sp³-hybridized carbons (Fsp3) is 1.00. The number of ether oxygens (including phenoxy) is 1. The van der Waals surface area contributed by atoms with Crippen LogP contribution in [0.4, 0.5) is 0 Å². The summed E-state index contributed by atoms with van der Waals surface area (Å²) >= 11 is 0. The summed E-state index contributed by atoms with van der Waals surface area (Å²) in [5, 5.41) is 9.04. The maximum absolute atomic E-state index is 9.04. The molecule has 0 saturated heterocycles. The molecule has 0 amide bonds. The zero-order valence-corrected chi connectivity index (χ0v) is 7.47. The number of aliphatic hydroxyl groups excluding tert-OH is 1. The van der Waals surface area contributed by atoms with E-state index in [2.05, 4.69) is 0 Å². The SMILES string of the molecule is CCC(CC)(CO)OCCN. The van der Waals surface area contributed by atoms with Crippen LogP contribution in [0.5, 0.6) is 0 Å². The lowest BCUT2D eigenvalue weighted by atomic mass is 9.98. The first-order valence-electron chi connectivity index (χ1n) is 4.19. The second-order valence-electron chi connectivity index (χ2n) is 2.69. The minimum atomic E-state index is -0.348. The van der Waals surface area contributed by atoms with Crippen molar-refractivity contribution >= 4 is 0 Å². The number of nitrogens with two attached hydrogens (primary N) is 1. The van der Waals surface area contributed by atoms with Gasteiger partial charge in [0.05, 0.1) is 18.8 Å². The Hall–Kier alpha value is -0.120. The van der Waals surface area contributed by atoms with E-state index in [0.717, 1.165) is 12.8 Å². The van der Waals surface area contributed by atoms with Crippen molar-refractivity contribution in [2.24, 2.45) is 5.73 Å². The van der Waals surface area contributed by atoms with Crippen molar-refractivity contribution in [2.45, 2.75) is 32.3 Å². The summed E-state index contributed by atoms with van der Waals surface area (Å²) in [6.45, 7) is 5.15. The summed E-state index contributed by atoms with van der Waals surface area (Å²) in [5.74, 6) is 0. The standard InChI is InChI=1S/C8H19NO2/c1-3-8(4-2,7-10)11-6-5-9/h10H,3-7,9H2,1-2H3. The zero-order chi connectivity index (χ0) is 8.74. The average molecular weight is 161 g/mol. The molecule has 3 heteroatoms. The van der Waals surface area contributed by atoms with Gasteiger partial charge in [-0.2, -0.15) is 0 Å². The molecule has 0 aromatic carbocycles. The number of hydrogen-bond acceptors (Lipinski definition) is 3. The van der Waals surface area contributed by atoms with Gasteiger partial charge in [-0.25, -0.2) is 0 Å². The molecular weight excluding hydrogens is 142 g/mol. The van der Waals surface area contributed by atoms with Gasteiger partial charge in [-0.15, -0.1) is 0 Å². The molecule has 0 spiro atoms. The van der Waals surface area contributed by atoms with Crippen LogP contribution in [0.15, 0.2) is 0 Å². The van der Waals surface area contributed by atoms with Crippen LogP contribution in [0, 0.1) is 0 Å². The first-order chi connectivity index (χ1) is 5.24. The van der Waals surface area contributed by atoms with Crippen molar-refractivity contribution in [2.75, 3.05) is 19.8 Å². The van der Waals surface area contributed by atoms with Crippen molar-refractivity contribution < 1.29 is 9.84 Å². The van der Waals surface area contributed by atoms with Crippen LogP contribution in [0.2, 0.25) is 0 Å². The van der Waals surface area contributed by atoms with Gasteiger partial charge in [0, 0.05) is 6.54 Å². The summed E-state index contributed by atoms with van der Waals surface area (Å²) in [6.07, 6.45) is 1.67. The molecule has 3 N–H and O–H groups in total. The van der Waals surface area contributed by atoms with Crippen LogP contribution in [0.25, 0.3) is 0 Å². The highest BCUT2D eigenvalue weighted by Crippen LogP contribution is 2.18. The molecule has 0 radical (unpaired) electrons. The third-order valence-electron chi connectivity index (χ3n) is 2.10. The molecule has 0 rings (SSSR count). The second-order valence-corrected chi connectivity index (χ2v) is 2.69. The maximum Gasteiger partial charge on any atom is 0.0907 e. The number of hydrogen-bond donors (Lipinski definition) is 2. The van der Waals surface area contributed by atoms with Gasteiger partial charge < -0.3 is 15.6 Å². The summed E-state index contributed by atoms with van der Waals surface area (Å²) in [6, 6.07) is 0. The molecule has 0 aromatic heterocycles. The van der Waals surface area contributed by atoms with Crippen molar-refractivity contribution in [3.8, 4) is 0 Å². The van der Waals surface area contributed by atoms with Crippen molar-refractivity contribution in [3.05, 3.63) is 0 Å². The van der Waals surface area contributed by atoms with E-state index in [1.54, 1.807) is 0 Å². The predicted molar refractivity (Wildman–Crippen MR) is 45.4 cm³/mol. The average Bonchev–Trinajstić information content (AvgIpc) is 2.08. The third kappa shape index (κ3) is 3.18. The highest BCUT2D eigenvalue weighted by molar-refractivity contribution is 4.76. The monoisotopic (exact) mass is 161 g/mol. The summed E-state index contributed by atoms with van der Waals surface area (Å²) < 4.78 is 5.45. The Morgan fingerprint density at radius 1 is 1.36 bits per heavy atom. The molecule has 0 heterocycles. The van der Waals surface area contributed by atoms with Gasteiger partial charge in [0.2, 0.25) is 0 Å². The topological polar surface area (TPSA) is 55.5 Å². The minimum absolute atomic E-state index is 0.0833. The zero-order valence-electron chi connectivity index (χ0n) is 7.47. The van der Waals surface area contributed by atoms with Gasteiger partial charge in [-0.1, -0.05) is 13.8 Å². The van der Waals surface area contributed by atoms with Gasteiger partial charge in [0.1, 0.15) is 0 Å². The normalized spacial score (nSPS) is 12.0. The largest absolute Gasteiger partial charge is 0.393 e. The highest BCUT2D eigenvalue weighted by Gasteiger charge is 2.25. The van der Waals surface area contributed by atoms with E-state index in [-0.39, 0.29) is 12.2 Å². The molecule has 3 nitrogen and oxygen atoms in total. The lowest BCUT2D eigenvalue weighted by Crippen LogP contribution is -2.37.